The summed E-state index contributed by atoms with van der Waals surface area (Å²) in [6, 6.07) is 4.85. The van der Waals surface area contributed by atoms with Gasteiger partial charge in [0.05, 0.1) is 37.9 Å². The molecular weight excluding hydrogens is 576 g/mol. The van der Waals surface area contributed by atoms with Crippen molar-refractivity contribution in [3.8, 4) is 17.2 Å². The molecule has 0 aromatic heterocycles. The second kappa shape index (κ2) is 12.5. The van der Waals surface area contributed by atoms with E-state index >= 15 is 0 Å². The second-order valence-corrected chi connectivity index (χ2v) is 11.0. The summed E-state index contributed by atoms with van der Waals surface area (Å²) in [6.45, 7) is 2.09. The summed E-state index contributed by atoms with van der Waals surface area (Å²) in [7, 11) is 1.41. The van der Waals surface area contributed by atoms with Crippen molar-refractivity contribution >= 4 is 10.8 Å². The molecule has 2 aromatic rings. The number of aliphatic hydroxyl groups is 8. The van der Waals surface area contributed by atoms with Crippen LogP contribution in [0, 0.1) is 0 Å². The van der Waals surface area contributed by atoms with E-state index < -0.39 is 92.9 Å². The van der Waals surface area contributed by atoms with Gasteiger partial charge in [0.25, 0.3) is 0 Å². The number of hydrogen-bond donors (Lipinski definition) is 9. The van der Waals surface area contributed by atoms with E-state index in [9.17, 15) is 46.0 Å². The average molecular weight is 615 g/mol. The number of aromatic hydroxyl groups is 1. The maximum Gasteiger partial charge on any atom is 0.229 e. The van der Waals surface area contributed by atoms with Gasteiger partial charge in [-0.15, -0.1) is 0 Å². The number of rotatable bonds is 7. The van der Waals surface area contributed by atoms with Gasteiger partial charge in [-0.1, -0.05) is 12.1 Å². The Morgan fingerprint density at radius 2 is 1.40 bits per heavy atom. The molecule has 15 nitrogen and oxygen atoms in total. The lowest BCUT2D eigenvalue weighted by Gasteiger charge is -2.43. The van der Waals surface area contributed by atoms with Crippen LogP contribution in [-0.2, 0) is 18.9 Å². The number of phenolic OH excluding ortho intramolecular Hbond substituents is 1. The van der Waals surface area contributed by atoms with E-state index in [4.69, 9.17) is 28.4 Å². The minimum atomic E-state index is -1.80. The fourth-order valence-electron chi connectivity index (χ4n) is 5.86. The molecule has 9 N–H and O–H groups in total. The fourth-order valence-corrected chi connectivity index (χ4v) is 5.86. The molecule has 2 aromatic carbocycles. The SMILES string of the molecule is COc1cccc2c(O[C@@H]3O[C@H](CO[C@@H]4O[C@H](CO)[C@@H](O)[C@H](O)[C@H]4O)[C@@H](O)[C@H](O)[C@H]3O)c3c(c(O)c12)[C@@H](C)O[C@H](C)[C@H]3O. The first-order valence-corrected chi connectivity index (χ1v) is 13.9. The smallest absolute Gasteiger partial charge is 0.229 e. The van der Waals surface area contributed by atoms with E-state index in [1.165, 1.54) is 7.11 Å². The van der Waals surface area contributed by atoms with Gasteiger partial charge in [0, 0.05) is 16.5 Å². The lowest BCUT2D eigenvalue weighted by Crippen LogP contribution is -2.62. The van der Waals surface area contributed by atoms with Crippen LogP contribution in [0.25, 0.3) is 10.8 Å². The molecule has 0 bridgehead atoms. The number of fused-ring (bicyclic) bond motifs is 2. The minimum Gasteiger partial charge on any atom is -0.507 e. The Hall–Kier alpha value is -2.38. The number of methoxy groups -OCH3 is 1. The van der Waals surface area contributed by atoms with E-state index in [0.29, 0.717) is 5.39 Å². The van der Waals surface area contributed by atoms with Crippen LogP contribution in [0.2, 0.25) is 0 Å². The highest BCUT2D eigenvalue weighted by Crippen LogP contribution is 2.52. The van der Waals surface area contributed by atoms with Gasteiger partial charge in [0.1, 0.15) is 72.2 Å². The van der Waals surface area contributed by atoms with Crippen LogP contribution in [0.4, 0.5) is 0 Å². The predicted molar refractivity (Wildman–Crippen MR) is 143 cm³/mol. The molecule has 3 aliphatic heterocycles. The Bertz CT molecular complexity index is 1290. The van der Waals surface area contributed by atoms with Crippen molar-refractivity contribution in [1.29, 1.82) is 0 Å². The van der Waals surface area contributed by atoms with Gasteiger partial charge >= 0.3 is 0 Å². The third kappa shape index (κ3) is 5.54. The van der Waals surface area contributed by atoms with Gasteiger partial charge in [0.15, 0.2) is 6.29 Å². The molecule has 0 spiro atoms. The lowest BCUT2D eigenvalue weighted by molar-refractivity contribution is -0.323. The first-order chi connectivity index (χ1) is 20.4. The number of benzene rings is 2. The van der Waals surface area contributed by atoms with Crippen molar-refractivity contribution in [3.05, 3.63) is 29.3 Å². The van der Waals surface area contributed by atoms with E-state index in [2.05, 4.69) is 0 Å². The molecule has 0 saturated carbocycles. The van der Waals surface area contributed by atoms with Gasteiger partial charge in [0.2, 0.25) is 6.29 Å². The standard InChI is InChI=1S/C28H38O15/c1-9-15-17(18(30)10(2)40-9)26(11-5-4-6-12(38-3)16(11)21(15)33)43-28-25(37)23(35)20(32)14(42-28)8-39-27-24(36)22(34)19(31)13(7-29)41-27/h4-6,9-10,13-14,18-20,22-25,27-37H,7-8H2,1-3H3/t9-,10-,13-,14-,18-,19-,20-,22+,23+,24-,25-,27-,28+/m1/s1. The summed E-state index contributed by atoms with van der Waals surface area (Å²) in [5.74, 6) is 0.103. The van der Waals surface area contributed by atoms with Gasteiger partial charge in [-0.3, -0.25) is 0 Å². The Balaban J connectivity index is 1.47. The van der Waals surface area contributed by atoms with Crippen LogP contribution < -0.4 is 9.47 Å². The number of phenols is 1. The third-order valence-corrected chi connectivity index (χ3v) is 8.26. The summed E-state index contributed by atoms with van der Waals surface area (Å²) in [5, 5.41) is 94.9. The maximum absolute atomic E-state index is 11.3. The number of aliphatic hydroxyl groups excluding tert-OH is 8. The highest BCUT2D eigenvalue weighted by molar-refractivity contribution is 6.00. The predicted octanol–water partition coefficient (Wildman–Crippen LogP) is -1.93. The summed E-state index contributed by atoms with van der Waals surface area (Å²) < 4.78 is 34.1. The van der Waals surface area contributed by atoms with E-state index in [0.717, 1.165) is 0 Å². The molecule has 0 radical (unpaired) electrons. The van der Waals surface area contributed by atoms with Crippen LogP contribution in [0.3, 0.4) is 0 Å². The summed E-state index contributed by atoms with van der Waals surface area (Å²) >= 11 is 0. The summed E-state index contributed by atoms with van der Waals surface area (Å²) in [5.41, 5.74) is 0.404. The topological polar surface area (TPSA) is 237 Å². The largest absolute Gasteiger partial charge is 0.507 e. The highest BCUT2D eigenvalue weighted by atomic mass is 16.7. The molecule has 15 heteroatoms. The van der Waals surface area contributed by atoms with Crippen LogP contribution in [0.15, 0.2) is 18.2 Å². The molecule has 43 heavy (non-hydrogen) atoms. The van der Waals surface area contributed by atoms with Crippen molar-refractivity contribution in [2.24, 2.45) is 0 Å². The van der Waals surface area contributed by atoms with Gasteiger partial charge in [-0.2, -0.15) is 0 Å². The molecule has 0 unspecified atom stereocenters. The highest BCUT2D eigenvalue weighted by Gasteiger charge is 2.49. The molecule has 240 valence electrons. The molecule has 5 rings (SSSR count). The van der Waals surface area contributed by atoms with E-state index in [1.807, 2.05) is 0 Å². The molecule has 0 aliphatic carbocycles. The van der Waals surface area contributed by atoms with Crippen LogP contribution in [0.1, 0.15) is 37.2 Å². The Labute approximate surface area is 245 Å². The van der Waals surface area contributed by atoms with Crippen molar-refractivity contribution in [2.45, 2.75) is 93.6 Å². The zero-order valence-corrected chi connectivity index (χ0v) is 23.6. The van der Waals surface area contributed by atoms with Crippen molar-refractivity contribution in [2.75, 3.05) is 20.3 Å². The van der Waals surface area contributed by atoms with Crippen LogP contribution in [-0.4, -0.2) is 134 Å². The Morgan fingerprint density at radius 3 is 2.05 bits per heavy atom. The number of hydrogen-bond acceptors (Lipinski definition) is 15. The normalized spacial score (nSPS) is 39.8. The van der Waals surface area contributed by atoms with E-state index in [-0.39, 0.29) is 33.8 Å². The zero-order valence-electron chi connectivity index (χ0n) is 23.6. The van der Waals surface area contributed by atoms with Crippen molar-refractivity contribution in [3.63, 3.8) is 0 Å². The fraction of sp³-hybridized carbons (Fsp3) is 0.643. The molecule has 3 aliphatic rings. The summed E-state index contributed by atoms with van der Waals surface area (Å²) in [4.78, 5) is 0. The lowest BCUT2D eigenvalue weighted by atomic mass is 9.87. The molecule has 2 fully saturated rings. The average Bonchev–Trinajstić information content (AvgIpc) is 2.99. The van der Waals surface area contributed by atoms with Crippen molar-refractivity contribution in [1.82, 2.24) is 0 Å². The Morgan fingerprint density at radius 1 is 0.767 bits per heavy atom. The molecule has 2 saturated heterocycles. The number of ether oxygens (including phenoxy) is 6. The maximum atomic E-state index is 11.3. The second-order valence-electron chi connectivity index (χ2n) is 11.0. The van der Waals surface area contributed by atoms with Gasteiger partial charge < -0.3 is 74.4 Å². The first kappa shape index (κ1) is 32.0. The van der Waals surface area contributed by atoms with Gasteiger partial charge in [-0.25, -0.2) is 0 Å². The quantitative estimate of drug-likeness (QED) is 0.165. The van der Waals surface area contributed by atoms with Gasteiger partial charge in [-0.05, 0) is 19.9 Å². The minimum absolute atomic E-state index is 0.0115. The van der Waals surface area contributed by atoms with Crippen molar-refractivity contribution < 1.29 is 74.4 Å². The molecular formula is C28H38O15. The molecule has 3 heterocycles. The Kier molecular flexibility index (Phi) is 9.35. The zero-order chi connectivity index (χ0) is 31.3. The first-order valence-electron chi connectivity index (χ1n) is 13.9. The van der Waals surface area contributed by atoms with Crippen LogP contribution >= 0.6 is 0 Å². The molecule has 0 amide bonds. The third-order valence-electron chi connectivity index (χ3n) is 8.26. The molecule has 13 atom stereocenters. The monoisotopic (exact) mass is 614 g/mol. The van der Waals surface area contributed by atoms with Crippen LogP contribution in [0.5, 0.6) is 17.2 Å². The summed E-state index contributed by atoms with van der Waals surface area (Å²) in [6.07, 6.45) is -18.8. The van der Waals surface area contributed by atoms with E-state index in [1.54, 1.807) is 32.0 Å².